The normalized spacial score (nSPS) is 20.1. The molecule has 84 valence electrons. The van der Waals surface area contributed by atoms with Crippen molar-refractivity contribution < 1.29 is 9.90 Å². The van der Waals surface area contributed by atoms with E-state index in [4.69, 9.17) is 0 Å². The topological polar surface area (TPSA) is 40.5 Å². The van der Waals surface area contributed by atoms with Crippen molar-refractivity contribution in [2.24, 2.45) is 0 Å². The number of carbonyl (C=O) groups is 1. The van der Waals surface area contributed by atoms with Crippen molar-refractivity contribution in [3.63, 3.8) is 0 Å². The van der Waals surface area contributed by atoms with Crippen molar-refractivity contribution in [3.05, 3.63) is 48.0 Å². The zero-order valence-corrected chi connectivity index (χ0v) is 9.10. The highest BCUT2D eigenvalue weighted by molar-refractivity contribution is 5.76. The SMILES string of the molecule is C=CCN1CCc2ccccc2C1C(=O)O. The Morgan fingerprint density at radius 3 is 3.00 bits per heavy atom. The van der Waals surface area contributed by atoms with Gasteiger partial charge in [-0.25, -0.2) is 0 Å². The molecule has 1 heterocycles. The fourth-order valence-electron chi connectivity index (χ4n) is 2.27. The minimum absolute atomic E-state index is 0.525. The molecular weight excluding hydrogens is 202 g/mol. The number of hydrogen-bond acceptors (Lipinski definition) is 2. The van der Waals surface area contributed by atoms with E-state index in [9.17, 15) is 9.90 Å². The third-order valence-electron chi connectivity index (χ3n) is 2.98. The number of aliphatic carboxylic acids is 1. The summed E-state index contributed by atoms with van der Waals surface area (Å²) in [7, 11) is 0. The molecular formula is C13H15NO2. The summed E-state index contributed by atoms with van der Waals surface area (Å²) < 4.78 is 0. The zero-order chi connectivity index (χ0) is 11.5. The molecule has 0 spiro atoms. The maximum atomic E-state index is 11.3. The highest BCUT2D eigenvalue weighted by Crippen LogP contribution is 2.29. The molecule has 1 aromatic carbocycles. The quantitative estimate of drug-likeness (QED) is 0.785. The number of hydrogen-bond donors (Lipinski definition) is 1. The lowest BCUT2D eigenvalue weighted by Crippen LogP contribution is -2.39. The first-order valence-electron chi connectivity index (χ1n) is 5.39. The van der Waals surface area contributed by atoms with Crippen molar-refractivity contribution in [3.8, 4) is 0 Å². The molecule has 3 heteroatoms. The second kappa shape index (κ2) is 4.49. The molecule has 2 rings (SSSR count). The molecule has 0 saturated heterocycles. The summed E-state index contributed by atoms with van der Waals surface area (Å²) in [6.45, 7) is 5.06. The van der Waals surface area contributed by atoms with Gasteiger partial charge in [0, 0.05) is 13.1 Å². The molecule has 0 saturated carbocycles. The first-order valence-corrected chi connectivity index (χ1v) is 5.39. The monoisotopic (exact) mass is 217 g/mol. The van der Waals surface area contributed by atoms with E-state index >= 15 is 0 Å². The van der Waals surface area contributed by atoms with Crippen LogP contribution in [0.3, 0.4) is 0 Å². The van der Waals surface area contributed by atoms with Crippen LogP contribution >= 0.6 is 0 Å². The maximum absolute atomic E-state index is 11.3. The van der Waals surface area contributed by atoms with Crippen LogP contribution in [-0.2, 0) is 11.2 Å². The predicted molar refractivity (Wildman–Crippen MR) is 62.3 cm³/mol. The van der Waals surface area contributed by atoms with E-state index in [-0.39, 0.29) is 0 Å². The fraction of sp³-hybridized carbons (Fsp3) is 0.308. The van der Waals surface area contributed by atoms with Gasteiger partial charge in [-0.2, -0.15) is 0 Å². The summed E-state index contributed by atoms with van der Waals surface area (Å²) in [5, 5.41) is 9.31. The van der Waals surface area contributed by atoms with Gasteiger partial charge in [-0.3, -0.25) is 9.69 Å². The fourth-order valence-corrected chi connectivity index (χ4v) is 2.27. The van der Waals surface area contributed by atoms with E-state index in [0.717, 1.165) is 24.1 Å². The molecule has 0 aromatic heterocycles. The standard InChI is InChI=1S/C13H15NO2/c1-2-8-14-9-7-10-5-3-4-6-11(10)12(14)13(15)16/h2-6,12H,1,7-9H2,(H,15,16). The third-order valence-corrected chi connectivity index (χ3v) is 2.98. The molecule has 0 amide bonds. The van der Waals surface area contributed by atoms with Crippen LogP contribution in [0, 0.1) is 0 Å². The lowest BCUT2D eigenvalue weighted by molar-refractivity contribution is -0.143. The number of carboxylic acids is 1. The molecule has 1 aliphatic rings. The molecule has 16 heavy (non-hydrogen) atoms. The number of nitrogens with zero attached hydrogens (tertiary/aromatic N) is 1. The van der Waals surface area contributed by atoms with Crippen LogP contribution in [0.2, 0.25) is 0 Å². The van der Waals surface area contributed by atoms with Crippen LogP contribution < -0.4 is 0 Å². The largest absolute Gasteiger partial charge is 0.480 e. The average Bonchev–Trinajstić information content (AvgIpc) is 2.28. The van der Waals surface area contributed by atoms with Crippen LogP contribution in [0.5, 0.6) is 0 Å². The summed E-state index contributed by atoms with van der Waals surface area (Å²) in [5.74, 6) is -0.783. The Morgan fingerprint density at radius 1 is 1.56 bits per heavy atom. The van der Waals surface area contributed by atoms with E-state index in [2.05, 4.69) is 6.58 Å². The summed E-state index contributed by atoms with van der Waals surface area (Å²) in [6, 6.07) is 7.25. The average molecular weight is 217 g/mol. The summed E-state index contributed by atoms with van der Waals surface area (Å²) in [5.41, 5.74) is 2.07. The lowest BCUT2D eigenvalue weighted by Gasteiger charge is -2.33. The Kier molecular flexibility index (Phi) is 3.06. The van der Waals surface area contributed by atoms with Crippen molar-refractivity contribution in [2.75, 3.05) is 13.1 Å². The number of benzene rings is 1. The Balaban J connectivity index is 2.39. The summed E-state index contributed by atoms with van der Waals surface area (Å²) in [6.07, 6.45) is 2.66. The smallest absolute Gasteiger partial charge is 0.325 e. The minimum atomic E-state index is -0.783. The van der Waals surface area contributed by atoms with Gasteiger partial charge in [0.15, 0.2) is 0 Å². The van der Waals surface area contributed by atoms with Crippen LogP contribution in [0.25, 0.3) is 0 Å². The molecule has 0 bridgehead atoms. The Labute approximate surface area is 95.0 Å². The van der Waals surface area contributed by atoms with Crippen LogP contribution in [0.1, 0.15) is 17.2 Å². The molecule has 1 unspecified atom stereocenters. The predicted octanol–water partition coefficient (Wildman–Crippen LogP) is 1.86. The Morgan fingerprint density at radius 2 is 2.31 bits per heavy atom. The maximum Gasteiger partial charge on any atom is 0.325 e. The highest BCUT2D eigenvalue weighted by atomic mass is 16.4. The molecule has 1 atom stereocenters. The first kappa shape index (κ1) is 10.9. The van der Waals surface area contributed by atoms with E-state index in [1.54, 1.807) is 6.08 Å². The molecule has 0 radical (unpaired) electrons. The van der Waals surface area contributed by atoms with Gasteiger partial charge >= 0.3 is 5.97 Å². The van der Waals surface area contributed by atoms with E-state index in [1.807, 2.05) is 29.2 Å². The van der Waals surface area contributed by atoms with Gasteiger partial charge in [-0.1, -0.05) is 30.3 Å². The summed E-state index contributed by atoms with van der Waals surface area (Å²) in [4.78, 5) is 13.3. The number of rotatable bonds is 3. The van der Waals surface area contributed by atoms with Gasteiger partial charge in [-0.05, 0) is 17.5 Å². The van der Waals surface area contributed by atoms with Crippen LogP contribution in [0.15, 0.2) is 36.9 Å². The molecule has 1 aliphatic heterocycles. The molecule has 1 N–H and O–H groups in total. The van der Waals surface area contributed by atoms with Gasteiger partial charge in [0.2, 0.25) is 0 Å². The summed E-state index contributed by atoms with van der Waals surface area (Å²) >= 11 is 0. The van der Waals surface area contributed by atoms with Crippen molar-refractivity contribution in [2.45, 2.75) is 12.5 Å². The van der Waals surface area contributed by atoms with E-state index in [1.165, 1.54) is 0 Å². The minimum Gasteiger partial charge on any atom is -0.480 e. The van der Waals surface area contributed by atoms with Crippen molar-refractivity contribution >= 4 is 5.97 Å². The lowest BCUT2D eigenvalue weighted by atomic mass is 9.92. The second-order valence-corrected chi connectivity index (χ2v) is 3.97. The van der Waals surface area contributed by atoms with E-state index in [0.29, 0.717) is 6.54 Å². The highest BCUT2D eigenvalue weighted by Gasteiger charge is 2.31. The second-order valence-electron chi connectivity index (χ2n) is 3.97. The van der Waals surface area contributed by atoms with Gasteiger partial charge < -0.3 is 5.11 Å². The molecule has 1 aromatic rings. The van der Waals surface area contributed by atoms with Crippen molar-refractivity contribution in [1.82, 2.24) is 4.90 Å². The Bertz CT molecular complexity index is 414. The first-order chi connectivity index (χ1) is 7.74. The molecule has 0 fully saturated rings. The van der Waals surface area contributed by atoms with Gasteiger partial charge in [0.25, 0.3) is 0 Å². The van der Waals surface area contributed by atoms with E-state index < -0.39 is 12.0 Å². The molecule has 0 aliphatic carbocycles. The number of carboxylic acid groups (broad SMARTS) is 1. The zero-order valence-electron chi connectivity index (χ0n) is 9.10. The van der Waals surface area contributed by atoms with Gasteiger partial charge in [0.05, 0.1) is 0 Å². The number of fused-ring (bicyclic) bond motifs is 1. The molecule has 3 nitrogen and oxygen atoms in total. The van der Waals surface area contributed by atoms with Gasteiger partial charge in [-0.15, -0.1) is 6.58 Å². The van der Waals surface area contributed by atoms with Crippen LogP contribution in [-0.4, -0.2) is 29.1 Å². The van der Waals surface area contributed by atoms with Gasteiger partial charge in [0.1, 0.15) is 6.04 Å². The Hall–Kier alpha value is -1.61. The van der Waals surface area contributed by atoms with Crippen LogP contribution in [0.4, 0.5) is 0 Å². The third kappa shape index (κ3) is 1.86. The van der Waals surface area contributed by atoms with Crippen molar-refractivity contribution in [1.29, 1.82) is 0 Å².